The fraction of sp³-hybridized carbons (Fsp3) is 0. The minimum absolute atomic E-state index is 0.0880. The summed E-state index contributed by atoms with van der Waals surface area (Å²) < 4.78 is 25.9. The maximum Gasteiger partial charge on any atom is 0.255 e. The molecule has 0 aromatic heterocycles. The Labute approximate surface area is 102 Å². The van der Waals surface area contributed by atoms with Crippen molar-refractivity contribution in [3.63, 3.8) is 0 Å². The highest BCUT2D eigenvalue weighted by molar-refractivity contribution is 6.04. The van der Waals surface area contributed by atoms with Crippen molar-refractivity contribution in [2.75, 3.05) is 11.1 Å². The molecule has 0 atom stereocenters. The van der Waals surface area contributed by atoms with Gasteiger partial charge in [0.25, 0.3) is 5.91 Å². The number of nitrogens with one attached hydrogen (secondary N) is 1. The minimum atomic E-state index is -0.798. The summed E-state index contributed by atoms with van der Waals surface area (Å²) in [5, 5.41) is 2.50. The van der Waals surface area contributed by atoms with Crippen molar-refractivity contribution in [3.05, 3.63) is 59.7 Å². The number of amides is 1. The Balaban J connectivity index is 2.22. The number of anilines is 2. The second kappa shape index (κ2) is 4.83. The van der Waals surface area contributed by atoms with E-state index < -0.39 is 17.5 Å². The van der Waals surface area contributed by atoms with Crippen LogP contribution in [0, 0.1) is 11.6 Å². The van der Waals surface area contributed by atoms with Crippen LogP contribution >= 0.6 is 0 Å². The number of nitrogen functional groups attached to an aromatic ring is 1. The Morgan fingerprint density at radius 2 is 1.72 bits per heavy atom. The zero-order valence-corrected chi connectivity index (χ0v) is 9.28. The van der Waals surface area contributed by atoms with Gasteiger partial charge >= 0.3 is 0 Å². The molecule has 18 heavy (non-hydrogen) atoms. The summed E-state index contributed by atoms with van der Waals surface area (Å²) in [6, 6.07) is 9.14. The standard InChI is InChI=1S/C13H10F2N2O/c14-9-4-8(5-10(15)6-9)13(18)17-12-3-1-2-11(16)7-12/h1-7H,16H2,(H,17,18). The van der Waals surface area contributed by atoms with Crippen LogP contribution in [0.25, 0.3) is 0 Å². The van der Waals surface area contributed by atoms with E-state index in [4.69, 9.17) is 5.73 Å². The van der Waals surface area contributed by atoms with Gasteiger partial charge < -0.3 is 11.1 Å². The monoisotopic (exact) mass is 248 g/mol. The smallest absolute Gasteiger partial charge is 0.255 e. The lowest BCUT2D eigenvalue weighted by Gasteiger charge is -2.06. The van der Waals surface area contributed by atoms with E-state index >= 15 is 0 Å². The summed E-state index contributed by atoms with van der Waals surface area (Å²) in [4.78, 5) is 11.7. The van der Waals surface area contributed by atoms with Crippen molar-refractivity contribution >= 4 is 17.3 Å². The summed E-state index contributed by atoms with van der Waals surface area (Å²) in [5.74, 6) is -2.19. The molecule has 0 aliphatic rings. The van der Waals surface area contributed by atoms with E-state index in [1.165, 1.54) is 0 Å². The third-order valence-electron chi connectivity index (χ3n) is 2.27. The highest BCUT2D eigenvalue weighted by atomic mass is 19.1. The molecule has 0 heterocycles. The van der Waals surface area contributed by atoms with E-state index in [-0.39, 0.29) is 5.56 Å². The first-order valence-corrected chi connectivity index (χ1v) is 5.17. The maximum atomic E-state index is 13.0. The average Bonchev–Trinajstić information content (AvgIpc) is 2.27. The van der Waals surface area contributed by atoms with Crippen molar-refractivity contribution in [3.8, 4) is 0 Å². The van der Waals surface area contributed by atoms with E-state index in [1.807, 2.05) is 0 Å². The molecule has 3 N–H and O–H groups in total. The van der Waals surface area contributed by atoms with E-state index in [2.05, 4.69) is 5.32 Å². The van der Waals surface area contributed by atoms with E-state index in [0.717, 1.165) is 12.1 Å². The van der Waals surface area contributed by atoms with Crippen molar-refractivity contribution in [2.24, 2.45) is 0 Å². The summed E-state index contributed by atoms with van der Waals surface area (Å²) >= 11 is 0. The number of halogens is 2. The minimum Gasteiger partial charge on any atom is -0.399 e. The second-order valence-electron chi connectivity index (χ2n) is 3.74. The summed E-state index contributed by atoms with van der Waals surface area (Å²) in [5.41, 5.74) is 6.41. The lowest BCUT2D eigenvalue weighted by Crippen LogP contribution is -2.12. The predicted octanol–water partition coefficient (Wildman–Crippen LogP) is 2.80. The molecule has 0 bridgehead atoms. The van der Waals surface area contributed by atoms with Gasteiger partial charge in [-0.25, -0.2) is 8.78 Å². The summed E-state index contributed by atoms with van der Waals surface area (Å²) in [6.45, 7) is 0. The normalized spacial score (nSPS) is 10.1. The summed E-state index contributed by atoms with van der Waals surface area (Å²) in [7, 11) is 0. The number of benzene rings is 2. The fourth-order valence-electron chi connectivity index (χ4n) is 1.50. The zero-order chi connectivity index (χ0) is 13.1. The highest BCUT2D eigenvalue weighted by Gasteiger charge is 2.09. The molecular formula is C13H10F2N2O. The van der Waals surface area contributed by atoms with Crippen LogP contribution in [-0.2, 0) is 0 Å². The number of carbonyl (C=O) groups excluding carboxylic acids is 1. The first kappa shape index (κ1) is 12.0. The molecule has 0 fully saturated rings. The first-order chi connectivity index (χ1) is 8.54. The van der Waals surface area contributed by atoms with Crippen LogP contribution in [0.15, 0.2) is 42.5 Å². The third kappa shape index (κ3) is 2.82. The van der Waals surface area contributed by atoms with Gasteiger partial charge in [0, 0.05) is 23.0 Å². The molecule has 3 nitrogen and oxygen atoms in total. The number of hydrogen-bond donors (Lipinski definition) is 2. The molecule has 2 rings (SSSR count). The molecular weight excluding hydrogens is 238 g/mol. The van der Waals surface area contributed by atoms with E-state index in [0.29, 0.717) is 17.4 Å². The van der Waals surface area contributed by atoms with Gasteiger partial charge in [-0.3, -0.25) is 4.79 Å². The SMILES string of the molecule is Nc1cccc(NC(=O)c2cc(F)cc(F)c2)c1. The van der Waals surface area contributed by atoms with Gasteiger partial charge in [-0.2, -0.15) is 0 Å². The fourth-order valence-corrected chi connectivity index (χ4v) is 1.50. The van der Waals surface area contributed by atoms with Gasteiger partial charge in [-0.1, -0.05) is 6.07 Å². The second-order valence-corrected chi connectivity index (χ2v) is 3.74. The molecule has 0 aliphatic heterocycles. The van der Waals surface area contributed by atoms with Gasteiger partial charge in [-0.05, 0) is 30.3 Å². The molecule has 0 aliphatic carbocycles. The van der Waals surface area contributed by atoms with E-state index in [9.17, 15) is 13.6 Å². The zero-order valence-electron chi connectivity index (χ0n) is 9.28. The molecule has 0 radical (unpaired) electrons. The Kier molecular flexibility index (Phi) is 3.23. The largest absolute Gasteiger partial charge is 0.399 e. The van der Waals surface area contributed by atoms with Crippen molar-refractivity contribution in [2.45, 2.75) is 0 Å². The quantitative estimate of drug-likeness (QED) is 0.803. The van der Waals surface area contributed by atoms with Crippen LogP contribution in [0.3, 0.4) is 0 Å². The molecule has 2 aromatic rings. The third-order valence-corrected chi connectivity index (χ3v) is 2.27. The topological polar surface area (TPSA) is 55.1 Å². The van der Waals surface area contributed by atoms with Gasteiger partial charge in [0.1, 0.15) is 11.6 Å². The Bertz CT molecular complexity index is 579. The Morgan fingerprint density at radius 3 is 2.33 bits per heavy atom. The molecule has 0 saturated carbocycles. The summed E-state index contributed by atoms with van der Waals surface area (Å²) in [6.07, 6.45) is 0. The number of rotatable bonds is 2. The molecule has 1 amide bonds. The van der Waals surface area contributed by atoms with Crippen LogP contribution < -0.4 is 11.1 Å². The van der Waals surface area contributed by atoms with Gasteiger partial charge in [0.05, 0.1) is 0 Å². The van der Waals surface area contributed by atoms with Crippen LogP contribution in [0.5, 0.6) is 0 Å². The lowest BCUT2D eigenvalue weighted by molar-refractivity contribution is 0.102. The molecule has 2 aromatic carbocycles. The van der Waals surface area contributed by atoms with Crippen LogP contribution in [-0.4, -0.2) is 5.91 Å². The maximum absolute atomic E-state index is 13.0. The lowest BCUT2D eigenvalue weighted by atomic mass is 10.2. The van der Waals surface area contributed by atoms with Crippen molar-refractivity contribution in [1.82, 2.24) is 0 Å². The number of carbonyl (C=O) groups is 1. The van der Waals surface area contributed by atoms with Gasteiger partial charge in [0.15, 0.2) is 0 Å². The van der Waals surface area contributed by atoms with Gasteiger partial charge in [-0.15, -0.1) is 0 Å². The average molecular weight is 248 g/mol. The van der Waals surface area contributed by atoms with Crippen molar-refractivity contribution < 1.29 is 13.6 Å². The molecule has 5 heteroatoms. The number of hydrogen-bond acceptors (Lipinski definition) is 2. The van der Waals surface area contributed by atoms with Crippen LogP contribution in [0.4, 0.5) is 20.2 Å². The highest BCUT2D eigenvalue weighted by Crippen LogP contribution is 2.14. The van der Waals surface area contributed by atoms with E-state index in [1.54, 1.807) is 24.3 Å². The Hall–Kier alpha value is -2.43. The first-order valence-electron chi connectivity index (χ1n) is 5.17. The number of nitrogens with two attached hydrogens (primary N) is 1. The predicted molar refractivity (Wildman–Crippen MR) is 65.2 cm³/mol. The molecule has 0 saturated heterocycles. The van der Waals surface area contributed by atoms with Crippen LogP contribution in [0.2, 0.25) is 0 Å². The molecule has 92 valence electrons. The van der Waals surface area contributed by atoms with Crippen LogP contribution in [0.1, 0.15) is 10.4 Å². The van der Waals surface area contributed by atoms with Crippen molar-refractivity contribution in [1.29, 1.82) is 0 Å². The Morgan fingerprint density at radius 1 is 1.06 bits per heavy atom. The molecule has 0 spiro atoms. The van der Waals surface area contributed by atoms with Gasteiger partial charge in [0.2, 0.25) is 0 Å². The molecule has 0 unspecified atom stereocenters.